The molecule has 1 aliphatic heterocycles. The van der Waals surface area contributed by atoms with Crippen LogP contribution in [-0.2, 0) is 6.42 Å². The number of hydrogen-bond donors (Lipinski definition) is 0. The zero-order valence-electron chi connectivity index (χ0n) is 20.9. The summed E-state index contributed by atoms with van der Waals surface area (Å²) in [4.78, 5) is 14.2. The van der Waals surface area contributed by atoms with Crippen LogP contribution in [-0.4, -0.2) is 25.3 Å². The molecule has 0 amide bonds. The molecule has 0 N–H and O–H groups in total. The summed E-state index contributed by atoms with van der Waals surface area (Å²) in [6.45, 7) is 0. The minimum atomic E-state index is 0.650. The normalized spacial score (nSPS) is 12.9. The average Bonchev–Trinajstić information content (AvgIpc) is 3.68. The highest BCUT2D eigenvalue weighted by molar-refractivity contribution is 6.24. The summed E-state index contributed by atoms with van der Waals surface area (Å²) in [6, 6.07) is 37.0. The molecule has 9 rings (SSSR count). The van der Waals surface area contributed by atoms with Gasteiger partial charge in [-0.2, -0.15) is 4.98 Å². The Balaban J connectivity index is 1.45. The summed E-state index contributed by atoms with van der Waals surface area (Å²) < 4.78 is 4.55. The van der Waals surface area contributed by atoms with Crippen LogP contribution in [0.4, 0.5) is 5.82 Å². The van der Waals surface area contributed by atoms with Gasteiger partial charge in [-0.25, -0.2) is 9.98 Å². The zero-order chi connectivity index (χ0) is 25.5. The molecule has 0 aliphatic carbocycles. The van der Waals surface area contributed by atoms with Crippen molar-refractivity contribution in [3.63, 3.8) is 0 Å². The van der Waals surface area contributed by atoms with Gasteiger partial charge in [-0.05, 0) is 53.2 Å². The fourth-order valence-corrected chi connectivity index (χ4v) is 6.31. The van der Waals surface area contributed by atoms with Crippen molar-refractivity contribution in [1.29, 1.82) is 0 Å². The first-order chi connectivity index (χ1) is 19.3. The van der Waals surface area contributed by atoms with E-state index in [2.05, 4.69) is 117 Å². The molecule has 0 saturated heterocycles. The highest BCUT2D eigenvalue weighted by atomic mass is 15.2. The topological polar surface area (TPSA) is 48.0 Å². The minimum Gasteiger partial charge on any atom is -0.309 e. The molecular weight excluding hydrogens is 478 g/mol. The maximum atomic E-state index is 4.88. The van der Waals surface area contributed by atoms with Crippen LogP contribution in [0.3, 0.4) is 0 Å². The van der Waals surface area contributed by atoms with Crippen molar-refractivity contribution in [2.75, 3.05) is 0 Å². The van der Waals surface area contributed by atoms with Gasteiger partial charge in [0.05, 0.1) is 22.1 Å². The first kappa shape index (κ1) is 20.7. The Labute approximate surface area is 223 Å². The van der Waals surface area contributed by atoms with Gasteiger partial charge in [0.15, 0.2) is 5.82 Å². The lowest BCUT2D eigenvalue weighted by Gasteiger charge is -2.09. The molecule has 39 heavy (non-hydrogen) atoms. The maximum absolute atomic E-state index is 4.88. The standard InChI is InChI=1S/C34H21N5/c1-2-8-23(9-3-1)38-29-13-7-5-11-25(29)32-26-19-31-27(18-21(26)14-15-30(32)38)24-10-4-6-12-28(24)39(31)34-36-20-22-16-17-35-33(22)37-34/h1-15,17-20H,16H2. The van der Waals surface area contributed by atoms with Gasteiger partial charge >= 0.3 is 0 Å². The van der Waals surface area contributed by atoms with E-state index < -0.39 is 0 Å². The van der Waals surface area contributed by atoms with E-state index in [1.165, 1.54) is 43.4 Å². The molecule has 5 nitrogen and oxygen atoms in total. The smallest absolute Gasteiger partial charge is 0.236 e. The van der Waals surface area contributed by atoms with Crippen LogP contribution < -0.4 is 0 Å². The van der Waals surface area contributed by atoms with Crippen molar-refractivity contribution >= 4 is 66.4 Å². The Morgan fingerprint density at radius 1 is 0.590 bits per heavy atom. The van der Waals surface area contributed by atoms with Gasteiger partial charge < -0.3 is 4.57 Å². The second-order valence-electron chi connectivity index (χ2n) is 10.1. The van der Waals surface area contributed by atoms with Gasteiger partial charge in [0, 0.05) is 51.6 Å². The number of nitrogens with zero attached hydrogens (tertiary/aromatic N) is 5. The molecule has 0 fully saturated rings. The fraction of sp³-hybridized carbons (Fsp3) is 0.0294. The van der Waals surface area contributed by atoms with Crippen LogP contribution in [0.25, 0.3) is 66.0 Å². The highest BCUT2D eigenvalue weighted by Crippen LogP contribution is 2.40. The van der Waals surface area contributed by atoms with Crippen LogP contribution in [0.15, 0.2) is 114 Å². The summed E-state index contributed by atoms with van der Waals surface area (Å²) in [7, 11) is 0. The van der Waals surface area contributed by atoms with Gasteiger partial charge in [0.25, 0.3) is 0 Å². The van der Waals surface area contributed by atoms with E-state index in [4.69, 9.17) is 9.97 Å². The van der Waals surface area contributed by atoms with Gasteiger partial charge in [0.1, 0.15) is 0 Å². The van der Waals surface area contributed by atoms with Crippen molar-refractivity contribution < 1.29 is 0 Å². The van der Waals surface area contributed by atoms with Crippen LogP contribution in [0.1, 0.15) is 5.56 Å². The number of para-hydroxylation sites is 3. The molecule has 0 saturated carbocycles. The maximum Gasteiger partial charge on any atom is 0.236 e. The number of fused-ring (bicyclic) bond motifs is 9. The van der Waals surface area contributed by atoms with Gasteiger partial charge in [0.2, 0.25) is 5.95 Å². The number of rotatable bonds is 2. The third-order valence-electron chi connectivity index (χ3n) is 8.01. The molecule has 1 aliphatic rings. The Bertz CT molecular complexity index is 2300. The molecule has 0 spiro atoms. The van der Waals surface area contributed by atoms with E-state index in [1.807, 2.05) is 12.4 Å². The molecule has 0 bridgehead atoms. The van der Waals surface area contributed by atoms with Crippen molar-refractivity contribution in [2.45, 2.75) is 6.42 Å². The summed E-state index contributed by atoms with van der Waals surface area (Å²) in [5.74, 6) is 1.41. The van der Waals surface area contributed by atoms with E-state index >= 15 is 0 Å². The molecular formula is C34H21N5. The second-order valence-corrected chi connectivity index (χ2v) is 10.1. The third-order valence-corrected chi connectivity index (χ3v) is 8.01. The van der Waals surface area contributed by atoms with Crippen LogP contribution in [0.2, 0.25) is 0 Å². The largest absolute Gasteiger partial charge is 0.309 e. The van der Waals surface area contributed by atoms with Gasteiger partial charge in [-0.15, -0.1) is 0 Å². The Hall–Kier alpha value is -5.29. The zero-order valence-corrected chi connectivity index (χ0v) is 20.9. The van der Waals surface area contributed by atoms with E-state index in [-0.39, 0.29) is 0 Å². The molecule has 5 heteroatoms. The van der Waals surface area contributed by atoms with Crippen molar-refractivity contribution in [3.05, 3.63) is 115 Å². The quantitative estimate of drug-likeness (QED) is 0.241. The molecule has 0 atom stereocenters. The first-order valence-electron chi connectivity index (χ1n) is 13.2. The lowest BCUT2D eigenvalue weighted by atomic mass is 10.0. The summed E-state index contributed by atoms with van der Waals surface area (Å²) in [5.41, 5.74) is 6.81. The van der Waals surface area contributed by atoms with Gasteiger partial charge in [-0.3, -0.25) is 4.57 Å². The summed E-state index contributed by atoms with van der Waals surface area (Å²) >= 11 is 0. The SMILES string of the molecule is C1=Nc2nc(-n3c4ccccc4c4cc5ccc6c(c5cc43)c3ccccc3n6-c3ccccc3)ncc2C1. The van der Waals surface area contributed by atoms with Crippen LogP contribution >= 0.6 is 0 Å². The molecule has 4 heterocycles. The molecule has 0 unspecified atom stereocenters. The molecule has 0 radical (unpaired) electrons. The Morgan fingerprint density at radius 2 is 1.36 bits per heavy atom. The van der Waals surface area contributed by atoms with E-state index in [9.17, 15) is 0 Å². The lowest BCUT2D eigenvalue weighted by Crippen LogP contribution is -2.01. The number of hydrogen-bond acceptors (Lipinski definition) is 3. The predicted molar refractivity (Wildman–Crippen MR) is 160 cm³/mol. The van der Waals surface area contributed by atoms with Gasteiger partial charge in [-0.1, -0.05) is 60.7 Å². The Morgan fingerprint density at radius 3 is 2.23 bits per heavy atom. The number of aliphatic imine (C=N–C) groups is 1. The van der Waals surface area contributed by atoms with Crippen molar-refractivity contribution in [1.82, 2.24) is 19.1 Å². The molecule has 5 aromatic carbocycles. The minimum absolute atomic E-state index is 0.650. The monoisotopic (exact) mass is 499 g/mol. The summed E-state index contributed by atoms with van der Waals surface area (Å²) in [5, 5.41) is 7.31. The lowest BCUT2D eigenvalue weighted by molar-refractivity contribution is 0.978. The third kappa shape index (κ3) is 2.81. The van der Waals surface area contributed by atoms with E-state index in [1.54, 1.807) is 0 Å². The molecule has 182 valence electrons. The predicted octanol–water partition coefficient (Wildman–Crippen LogP) is 8.08. The summed E-state index contributed by atoms with van der Waals surface area (Å²) in [6.07, 6.45) is 4.61. The highest BCUT2D eigenvalue weighted by Gasteiger charge is 2.20. The van der Waals surface area contributed by atoms with Crippen LogP contribution in [0, 0.1) is 0 Å². The average molecular weight is 500 g/mol. The first-order valence-corrected chi connectivity index (χ1v) is 13.2. The number of aromatic nitrogens is 4. The van der Waals surface area contributed by atoms with Crippen molar-refractivity contribution in [2.24, 2.45) is 4.99 Å². The second kappa shape index (κ2) is 7.62. The van der Waals surface area contributed by atoms with Crippen molar-refractivity contribution in [3.8, 4) is 11.6 Å². The fourth-order valence-electron chi connectivity index (χ4n) is 6.31. The Kier molecular flexibility index (Phi) is 4.05. The molecule has 8 aromatic rings. The number of benzene rings is 5. The van der Waals surface area contributed by atoms with Crippen LogP contribution in [0.5, 0.6) is 0 Å². The van der Waals surface area contributed by atoms with E-state index in [0.29, 0.717) is 5.95 Å². The molecule has 3 aromatic heterocycles. The van der Waals surface area contributed by atoms with E-state index in [0.717, 1.165) is 34.5 Å².